The van der Waals surface area contributed by atoms with E-state index in [4.69, 9.17) is 14.2 Å². The number of hydrogen-bond donors (Lipinski definition) is 0. The number of ether oxygens (including phenoxy) is 3. The lowest BCUT2D eigenvalue weighted by molar-refractivity contribution is -0.144. The van der Waals surface area contributed by atoms with E-state index in [-0.39, 0.29) is 42.9 Å². The van der Waals surface area contributed by atoms with Crippen molar-refractivity contribution in [1.29, 1.82) is 0 Å². The molecule has 3 aliphatic rings. The SMILES string of the molecule is COCC1C(=O)O[C@H]2/C=C(\C)CC/C=C(\C)CCC3OC3(C)C(=O)C[C@@H]12. The number of allylic oxidation sites excluding steroid dienone is 3. The molecule has 5 heteroatoms. The summed E-state index contributed by atoms with van der Waals surface area (Å²) in [5, 5.41) is 0. The van der Waals surface area contributed by atoms with E-state index in [1.54, 1.807) is 7.11 Å². The molecule has 26 heavy (non-hydrogen) atoms. The number of methoxy groups -OCH3 is 1. The lowest BCUT2D eigenvalue weighted by Gasteiger charge is -2.20. The quantitative estimate of drug-likeness (QED) is 0.428. The topological polar surface area (TPSA) is 65.1 Å². The smallest absolute Gasteiger partial charge is 0.312 e. The molecule has 2 heterocycles. The molecule has 0 radical (unpaired) electrons. The summed E-state index contributed by atoms with van der Waals surface area (Å²) in [6, 6.07) is 0. The molecule has 0 aromatic carbocycles. The van der Waals surface area contributed by atoms with Gasteiger partial charge in [-0.2, -0.15) is 0 Å². The van der Waals surface area contributed by atoms with E-state index >= 15 is 0 Å². The minimum atomic E-state index is -0.711. The van der Waals surface area contributed by atoms with Gasteiger partial charge in [0.05, 0.1) is 18.6 Å². The third-order valence-electron chi connectivity index (χ3n) is 6.04. The van der Waals surface area contributed by atoms with Crippen LogP contribution in [0.15, 0.2) is 23.3 Å². The van der Waals surface area contributed by atoms with Crippen LogP contribution in [0.5, 0.6) is 0 Å². The largest absolute Gasteiger partial charge is 0.457 e. The maximum absolute atomic E-state index is 12.9. The van der Waals surface area contributed by atoms with Crippen LogP contribution in [0.2, 0.25) is 0 Å². The van der Waals surface area contributed by atoms with E-state index in [0.29, 0.717) is 0 Å². The van der Waals surface area contributed by atoms with Crippen molar-refractivity contribution in [2.75, 3.05) is 13.7 Å². The fraction of sp³-hybridized carbons (Fsp3) is 0.714. The van der Waals surface area contributed by atoms with Crippen LogP contribution < -0.4 is 0 Å². The molecule has 144 valence electrons. The van der Waals surface area contributed by atoms with Crippen molar-refractivity contribution < 1.29 is 23.8 Å². The Balaban J connectivity index is 1.86. The Morgan fingerprint density at radius 1 is 1.23 bits per heavy atom. The molecule has 0 aromatic heterocycles. The van der Waals surface area contributed by atoms with Crippen LogP contribution in [0.4, 0.5) is 0 Å². The number of carbonyl (C=O) groups excluding carboxylic acids is 2. The molecule has 0 bridgehead atoms. The summed E-state index contributed by atoms with van der Waals surface area (Å²) < 4.78 is 16.6. The average molecular weight is 362 g/mol. The highest BCUT2D eigenvalue weighted by atomic mass is 16.6. The van der Waals surface area contributed by atoms with E-state index in [1.807, 2.05) is 13.0 Å². The van der Waals surface area contributed by atoms with Gasteiger partial charge in [0.1, 0.15) is 11.7 Å². The first-order valence-corrected chi connectivity index (χ1v) is 9.58. The second-order valence-electron chi connectivity index (χ2n) is 8.11. The molecule has 5 atom stereocenters. The third kappa shape index (κ3) is 3.94. The predicted molar refractivity (Wildman–Crippen MR) is 97.6 cm³/mol. The van der Waals surface area contributed by atoms with Crippen molar-refractivity contribution >= 4 is 11.8 Å². The number of carbonyl (C=O) groups is 2. The van der Waals surface area contributed by atoms with E-state index in [2.05, 4.69) is 19.9 Å². The molecule has 2 saturated heterocycles. The van der Waals surface area contributed by atoms with Gasteiger partial charge < -0.3 is 14.2 Å². The molecule has 0 spiro atoms. The van der Waals surface area contributed by atoms with Crippen LogP contribution in [0, 0.1) is 11.8 Å². The predicted octanol–water partition coefficient (Wildman–Crippen LogP) is 3.37. The minimum Gasteiger partial charge on any atom is -0.457 e. The minimum absolute atomic E-state index is 0.0177. The van der Waals surface area contributed by atoms with Crippen LogP contribution in [0.3, 0.4) is 0 Å². The second-order valence-corrected chi connectivity index (χ2v) is 8.11. The summed E-state index contributed by atoms with van der Waals surface area (Å²) >= 11 is 0. The number of epoxide rings is 1. The molecule has 5 nitrogen and oxygen atoms in total. The first-order valence-electron chi connectivity index (χ1n) is 9.58. The van der Waals surface area contributed by atoms with Gasteiger partial charge in [-0.05, 0) is 52.5 Å². The van der Waals surface area contributed by atoms with Crippen molar-refractivity contribution in [3.8, 4) is 0 Å². The number of hydrogen-bond acceptors (Lipinski definition) is 5. The number of ketones is 1. The first kappa shape index (κ1) is 19.3. The lowest BCUT2D eigenvalue weighted by Crippen LogP contribution is -2.32. The van der Waals surface area contributed by atoms with E-state index in [0.717, 1.165) is 25.7 Å². The Morgan fingerprint density at radius 3 is 2.73 bits per heavy atom. The number of Topliss-reactive ketones (excluding diaryl/α,β-unsaturated/α-hetero) is 1. The van der Waals surface area contributed by atoms with Crippen molar-refractivity contribution in [3.63, 3.8) is 0 Å². The summed E-state index contributed by atoms with van der Waals surface area (Å²) in [6.45, 7) is 6.36. The molecule has 3 rings (SSSR count). The Bertz CT molecular complexity index is 634. The van der Waals surface area contributed by atoms with Gasteiger partial charge >= 0.3 is 5.97 Å². The molecular weight excluding hydrogens is 332 g/mol. The summed E-state index contributed by atoms with van der Waals surface area (Å²) in [6.07, 6.45) is 7.92. The Kier molecular flexibility index (Phi) is 5.68. The van der Waals surface area contributed by atoms with E-state index in [1.165, 1.54) is 11.1 Å². The van der Waals surface area contributed by atoms with Gasteiger partial charge in [0.2, 0.25) is 0 Å². The molecule has 0 N–H and O–H groups in total. The summed E-state index contributed by atoms with van der Waals surface area (Å²) in [5.41, 5.74) is 1.81. The maximum atomic E-state index is 12.9. The molecular formula is C21H30O5. The van der Waals surface area contributed by atoms with Gasteiger partial charge in [0.15, 0.2) is 5.78 Å². The number of fused-ring (bicyclic) bond motifs is 2. The van der Waals surface area contributed by atoms with Crippen LogP contribution in [0.1, 0.15) is 52.9 Å². The number of rotatable bonds is 2. The molecule has 0 amide bonds. The lowest BCUT2D eigenvalue weighted by atomic mass is 9.82. The summed E-state index contributed by atoms with van der Waals surface area (Å²) in [5.74, 6) is -0.778. The van der Waals surface area contributed by atoms with Gasteiger partial charge in [-0.1, -0.05) is 17.2 Å². The molecule has 2 aliphatic heterocycles. The fourth-order valence-corrected chi connectivity index (χ4v) is 4.13. The Morgan fingerprint density at radius 2 is 2.00 bits per heavy atom. The van der Waals surface area contributed by atoms with Crippen LogP contribution >= 0.6 is 0 Å². The Hall–Kier alpha value is -1.46. The van der Waals surface area contributed by atoms with E-state index < -0.39 is 11.5 Å². The zero-order valence-electron chi connectivity index (χ0n) is 16.2. The first-order chi connectivity index (χ1) is 12.3. The highest BCUT2D eigenvalue weighted by molar-refractivity contribution is 5.91. The normalized spacial score (nSPS) is 42.5. The summed E-state index contributed by atoms with van der Waals surface area (Å²) in [7, 11) is 1.57. The highest BCUT2D eigenvalue weighted by Gasteiger charge is 2.58. The zero-order valence-corrected chi connectivity index (χ0v) is 16.2. The van der Waals surface area contributed by atoms with Crippen molar-refractivity contribution in [1.82, 2.24) is 0 Å². The second kappa shape index (κ2) is 7.65. The van der Waals surface area contributed by atoms with Gasteiger partial charge in [-0.25, -0.2) is 0 Å². The van der Waals surface area contributed by atoms with Gasteiger partial charge in [0.25, 0.3) is 0 Å². The van der Waals surface area contributed by atoms with Crippen molar-refractivity contribution in [2.45, 2.75) is 70.7 Å². The molecule has 2 fully saturated rings. The van der Waals surface area contributed by atoms with Crippen LogP contribution in [0.25, 0.3) is 0 Å². The maximum Gasteiger partial charge on any atom is 0.312 e. The molecule has 3 unspecified atom stereocenters. The fourth-order valence-electron chi connectivity index (χ4n) is 4.13. The molecule has 0 aromatic rings. The summed E-state index contributed by atoms with van der Waals surface area (Å²) in [4.78, 5) is 25.3. The van der Waals surface area contributed by atoms with Crippen molar-refractivity contribution in [3.05, 3.63) is 23.3 Å². The molecule has 1 aliphatic carbocycles. The Labute approximate surface area is 155 Å². The van der Waals surface area contributed by atoms with Crippen LogP contribution in [-0.2, 0) is 23.8 Å². The third-order valence-corrected chi connectivity index (χ3v) is 6.04. The van der Waals surface area contributed by atoms with Crippen molar-refractivity contribution in [2.24, 2.45) is 11.8 Å². The van der Waals surface area contributed by atoms with E-state index in [9.17, 15) is 9.59 Å². The zero-order chi connectivity index (χ0) is 18.9. The highest BCUT2D eigenvalue weighted by Crippen LogP contribution is 2.44. The van der Waals surface area contributed by atoms with Gasteiger partial charge in [-0.3, -0.25) is 9.59 Å². The van der Waals surface area contributed by atoms with Crippen LogP contribution in [-0.4, -0.2) is 43.3 Å². The standard InChI is InChI=1S/C21H30O5/c1-13-6-5-7-14(2)10-17-15(16(12-24-4)20(23)25-17)11-18(22)21(3)19(26-21)9-8-13/h6,10,15-17,19H,5,7-9,11-12H2,1-4H3/b13-6+,14-10+/t15-,16?,17-,19?,21?/m0/s1. The molecule has 0 saturated carbocycles. The van der Waals surface area contributed by atoms with Gasteiger partial charge in [0, 0.05) is 19.4 Å². The van der Waals surface area contributed by atoms with Gasteiger partial charge in [-0.15, -0.1) is 0 Å². The number of esters is 1. The average Bonchev–Trinajstić information content (AvgIpc) is 3.18. The monoisotopic (exact) mass is 362 g/mol.